The summed E-state index contributed by atoms with van der Waals surface area (Å²) in [6.45, 7) is 3.32. The van der Waals surface area contributed by atoms with Crippen LogP contribution in [0.25, 0.3) is 16.9 Å². The van der Waals surface area contributed by atoms with E-state index in [4.69, 9.17) is 23.9 Å². The summed E-state index contributed by atoms with van der Waals surface area (Å²) in [5.74, 6) is 1.46. The SMILES string of the molecule is CCOc1cccc(-n2cc(-c3ccccc3)nc2NC(=O)CN(C[C@@H]2CCCO2)C(=O)c2ccc3c(c2)OCO3)c1. The summed E-state index contributed by atoms with van der Waals surface area (Å²) >= 11 is 0. The van der Waals surface area contributed by atoms with Crippen molar-refractivity contribution < 1.29 is 28.5 Å². The smallest absolute Gasteiger partial charge is 0.254 e. The molecule has 6 rings (SSSR count). The average molecular weight is 569 g/mol. The summed E-state index contributed by atoms with van der Waals surface area (Å²) in [7, 11) is 0. The number of imidazole rings is 1. The van der Waals surface area contributed by atoms with Crippen LogP contribution in [-0.2, 0) is 9.53 Å². The summed E-state index contributed by atoms with van der Waals surface area (Å²) in [6.07, 6.45) is 3.48. The van der Waals surface area contributed by atoms with E-state index < -0.39 is 0 Å². The molecule has 2 aliphatic heterocycles. The molecule has 3 heterocycles. The maximum absolute atomic E-state index is 13.7. The van der Waals surface area contributed by atoms with Crippen LogP contribution in [0, 0.1) is 0 Å². The van der Waals surface area contributed by atoms with Crippen LogP contribution in [0.15, 0.2) is 79.0 Å². The van der Waals surface area contributed by atoms with Gasteiger partial charge in [-0.15, -0.1) is 0 Å². The first-order valence-corrected chi connectivity index (χ1v) is 14.1. The molecule has 1 N–H and O–H groups in total. The molecular weight excluding hydrogens is 536 g/mol. The number of benzene rings is 3. The van der Waals surface area contributed by atoms with Crippen molar-refractivity contribution in [3.63, 3.8) is 0 Å². The zero-order valence-electron chi connectivity index (χ0n) is 23.3. The van der Waals surface area contributed by atoms with Gasteiger partial charge in [0.05, 0.1) is 24.1 Å². The van der Waals surface area contributed by atoms with Gasteiger partial charge in [0.1, 0.15) is 12.3 Å². The number of nitrogens with zero attached hydrogens (tertiary/aromatic N) is 3. The number of hydrogen-bond acceptors (Lipinski definition) is 7. The molecule has 42 heavy (non-hydrogen) atoms. The zero-order chi connectivity index (χ0) is 28.9. The Balaban J connectivity index is 1.27. The second-order valence-corrected chi connectivity index (χ2v) is 10.1. The number of ether oxygens (including phenoxy) is 4. The summed E-state index contributed by atoms with van der Waals surface area (Å²) in [4.78, 5) is 33.5. The number of rotatable bonds is 10. The fourth-order valence-corrected chi connectivity index (χ4v) is 5.11. The zero-order valence-corrected chi connectivity index (χ0v) is 23.3. The van der Waals surface area contributed by atoms with Gasteiger partial charge in [0.2, 0.25) is 18.6 Å². The molecule has 0 saturated carbocycles. The molecule has 2 amide bonds. The third kappa shape index (κ3) is 6.08. The highest BCUT2D eigenvalue weighted by atomic mass is 16.7. The summed E-state index contributed by atoms with van der Waals surface area (Å²) in [5.41, 5.74) is 2.79. The van der Waals surface area contributed by atoms with Gasteiger partial charge in [0, 0.05) is 36.5 Å². The van der Waals surface area contributed by atoms with Crippen molar-refractivity contribution in [3.05, 3.63) is 84.6 Å². The first kappa shape index (κ1) is 27.3. The number of fused-ring (bicyclic) bond motifs is 1. The van der Waals surface area contributed by atoms with Crippen LogP contribution >= 0.6 is 0 Å². The van der Waals surface area contributed by atoms with Crippen LogP contribution in [0.4, 0.5) is 5.95 Å². The summed E-state index contributed by atoms with van der Waals surface area (Å²) in [6, 6.07) is 22.4. The van der Waals surface area contributed by atoms with Gasteiger partial charge in [-0.3, -0.25) is 19.5 Å². The van der Waals surface area contributed by atoms with Gasteiger partial charge in [0.15, 0.2) is 11.5 Å². The molecule has 0 bridgehead atoms. The Morgan fingerprint density at radius 3 is 2.71 bits per heavy atom. The lowest BCUT2D eigenvalue weighted by Gasteiger charge is -2.25. The third-order valence-electron chi connectivity index (χ3n) is 7.12. The monoisotopic (exact) mass is 568 g/mol. The second kappa shape index (κ2) is 12.4. The van der Waals surface area contributed by atoms with Gasteiger partial charge in [-0.25, -0.2) is 4.98 Å². The third-order valence-corrected chi connectivity index (χ3v) is 7.12. The molecule has 0 aliphatic carbocycles. The Bertz CT molecular complexity index is 1560. The molecule has 0 radical (unpaired) electrons. The highest BCUT2D eigenvalue weighted by Gasteiger charge is 2.27. The van der Waals surface area contributed by atoms with Gasteiger partial charge in [-0.2, -0.15) is 0 Å². The predicted molar refractivity (Wildman–Crippen MR) is 156 cm³/mol. The van der Waals surface area contributed by atoms with E-state index in [1.807, 2.05) is 72.3 Å². The lowest BCUT2D eigenvalue weighted by Crippen LogP contribution is -2.42. The maximum atomic E-state index is 13.7. The minimum absolute atomic E-state index is 0.111. The first-order chi connectivity index (χ1) is 20.6. The van der Waals surface area contributed by atoms with Crippen LogP contribution in [0.3, 0.4) is 0 Å². The number of aromatic nitrogens is 2. The number of amides is 2. The van der Waals surface area contributed by atoms with Crippen LogP contribution in [-0.4, -0.2) is 65.5 Å². The van der Waals surface area contributed by atoms with Crippen molar-refractivity contribution in [1.29, 1.82) is 0 Å². The number of hydrogen-bond donors (Lipinski definition) is 1. The van der Waals surface area contributed by atoms with Crippen molar-refractivity contribution in [2.24, 2.45) is 0 Å². The minimum atomic E-state index is -0.380. The Morgan fingerprint density at radius 1 is 1.05 bits per heavy atom. The first-order valence-electron chi connectivity index (χ1n) is 14.1. The average Bonchev–Trinajstić information content (AvgIpc) is 3.78. The molecule has 0 spiro atoms. The quantitative estimate of drug-likeness (QED) is 0.289. The van der Waals surface area contributed by atoms with Gasteiger partial charge < -0.3 is 23.8 Å². The molecule has 10 heteroatoms. The van der Waals surface area contributed by atoms with Crippen LogP contribution < -0.4 is 19.5 Å². The van der Waals surface area contributed by atoms with Crippen molar-refractivity contribution >= 4 is 17.8 Å². The van der Waals surface area contributed by atoms with E-state index in [-0.39, 0.29) is 31.3 Å². The molecule has 216 valence electrons. The maximum Gasteiger partial charge on any atom is 0.254 e. The van der Waals surface area contributed by atoms with Crippen molar-refractivity contribution in [3.8, 4) is 34.2 Å². The highest BCUT2D eigenvalue weighted by molar-refractivity contribution is 5.99. The topological polar surface area (TPSA) is 104 Å². The fraction of sp³-hybridized carbons (Fsp3) is 0.281. The summed E-state index contributed by atoms with van der Waals surface area (Å²) in [5, 5.41) is 2.95. The number of nitrogens with one attached hydrogen (secondary N) is 1. The molecule has 1 fully saturated rings. The van der Waals surface area contributed by atoms with Crippen molar-refractivity contribution in [1.82, 2.24) is 14.5 Å². The van der Waals surface area contributed by atoms with E-state index in [1.54, 1.807) is 18.2 Å². The number of carbonyl (C=O) groups excluding carboxylic acids is 2. The van der Waals surface area contributed by atoms with Crippen LogP contribution in [0.1, 0.15) is 30.1 Å². The molecular formula is C32H32N4O6. The van der Waals surface area contributed by atoms with E-state index in [0.717, 1.165) is 24.1 Å². The lowest BCUT2D eigenvalue weighted by molar-refractivity contribution is -0.117. The predicted octanol–water partition coefficient (Wildman–Crippen LogP) is 4.93. The van der Waals surface area contributed by atoms with Gasteiger partial charge in [-0.05, 0) is 50.1 Å². The van der Waals surface area contributed by atoms with E-state index in [9.17, 15) is 9.59 Å². The normalized spacial score (nSPS) is 15.4. The molecule has 1 aromatic heterocycles. The van der Waals surface area contributed by atoms with Gasteiger partial charge >= 0.3 is 0 Å². The van der Waals surface area contributed by atoms with E-state index in [1.165, 1.54) is 4.90 Å². The largest absolute Gasteiger partial charge is 0.494 e. The van der Waals surface area contributed by atoms with E-state index in [0.29, 0.717) is 54.2 Å². The van der Waals surface area contributed by atoms with E-state index >= 15 is 0 Å². The summed E-state index contributed by atoms with van der Waals surface area (Å²) < 4.78 is 24.2. The Labute approximate surface area is 243 Å². The van der Waals surface area contributed by atoms with Crippen LogP contribution in [0.5, 0.6) is 17.2 Å². The Hall–Kier alpha value is -4.83. The molecule has 1 atom stereocenters. The standard InChI is InChI=1S/C32H32N4O6/c1-2-39-25-11-6-10-24(17-25)36-19-27(22-8-4-3-5-9-22)33-32(36)34-30(37)20-35(18-26-12-7-15-40-26)31(38)23-13-14-28-29(16-23)42-21-41-28/h3-6,8-11,13-14,16-17,19,26H,2,7,12,15,18,20-21H2,1H3,(H,33,34,37)/t26-/m0/s1. The number of carbonyl (C=O) groups is 2. The molecule has 1 saturated heterocycles. The number of anilines is 1. The Kier molecular flexibility index (Phi) is 8.05. The van der Waals surface area contributed by atoms with Gasteiger partial charge in [0.25, 0.3) is 5.91 Å². The van der Waals surface area contributed by atoms with Crippen LogP contribution in [0.2, 0.25) is 0 Å². The second-order valence-electron chi connectivity index (χ2n) is 10.1. The van der Waals surface area contributed by atoms with Gasteiger partial charge in [-0.1, -0.05) is 36.4 Å². The van der Waals surface area contributed by atoms with Crippen molar-refractivity contribution in [2.75, 3.05) is 38.4 Å². The van der Waals surface area contributed by atoms with Crippen molar-refractivity contribution in [2.45, 2.75) is 25.9 Å². The Morgan fingerprint density at radius 2 is 1.90 bits per heavy atom. The lowest BCUT2D eigenvalue weighted by atomic mass is 10.1. The molecule has 2 aliphatic rings. The highest BCUT2D eigenvalue weighted by Crippen LogP contribution is 2.33. The fourth-order valence-electron chi connectivity index (χ4n) is 5.11. The minimum Gasteiger partial charge on any atom is -0.494 e. The molecule has 3 aromatic carbocycles. The molecule has 4 aromatic rings. The van der Waals surface area contributed by atoms with E-state index in [2.05, 4.69) is 5.32 Å². The molecule has 0 unspecified atom stereocenters. The molecule has 10 nitrogen and oxygen atoms in total.